The topological polar surface area (TPSA) is 39.7 Å². The second-order valence-electron chi connectivity index (χ2n) is 4.03. The van der Waals surface area contributed by atoms with Crippen molar-refractivity contribution in [2.24, 2.45) is 4.99 Å². The first-order valence-electron chi connectivity index (χ1n) is 6.37. The molecule has 2 N–H and O–H groups in total. The van der Waals surface area contributed by atoms with Gasteiger partial charge in [0.1, 0.15) is 0 Å². The zero-order valence-electron chi connectivity index (χ0n) is 11.8. The maximum Gasteiger partial charge on any atom is 0.191 e. The van der Waals surface area contributed by atoms with Gasteiger partial charge in [-0.2, -0.15) is 0 Å². The van der Waals surface area contributed by atoms with Crippen molar-refractivity contribution in [3.05, 3.63) is 0 Å². The van der Waals surface area contributed by atoms with Gasteiger partial charge in [0.15, 0.2) is 5.96 Å². The molecule has 4 nitrogen and oxygen atoms in total. The van der Waals surface area contributed by atoms with Gasteiger partial charge in [-0.1, -0.05) is 26.7 Å². The van der Waals surface area contributed by atoms with E-state index in [0.29, 0.717) is 0 Å². The molecule has 17 heavy (non-hydrogen) atoms. The lowest BCUT2D eigenvalue weighted by Gasteiger charge is -2.16. The molecule has 0 aromatic carbocycles. The summed E-state index contributed by atoms with van der Waals surface area (Å²) in [4.78, 5) is 6.46. The summed E-state index contributed by atoms with van der Waals surface area (Å²) in [5, 5.41) is 6.63. The summed E-state index contributed by atoms with van der Waals surface area (Å²) in [6, 6.07) is 0. The number of rotatable bonds is 8. The summed E-state index contributed by atoms with van der Waals surface area (Å²) in [7, 11) is 3.94. The minimum Gasteiger partial charge on any atom is -0.356 e. The molecule has 0 saturated carbocycles. The van der Waals surface area contributed by atoms with E-state index in [0.717, 1.165) is 32.1 Å². The lowest BCUT2D eigenvalue weighted by atomic mass is 10.2. The Morgan fingerprint density at radius 3 is 2.29 bits per heavy atom. The van der Waals surface area contributed by atoms with Crippen LogP contribution in [0.25, 0.3) is 0 Å². The number of unbranched alkanes of at least 4 members (excludes halogenated alkanes) is 2. The van der Waals surface area contributed by atoms with Gasteiger partial charge in [-0.05, 0) is 20.0 Å². The van der Waals surface area contributed by atoms with Gasteiger partial charge >= 0.3 is 0 Å². The van der Waals surface area contributed by atoms with Gasteiger partial charge in [0.2, 0.25) is 0 Å². The summed E-state index contributed by atoms with van der Waals surface area (Å²) in [5.41, 5.74) is 0. The highest BCUT2D eigenvalue weighted by atomic mass is 127. The molecule has 0 aliphatic carbocycles. The third kappa shape index (κ3) is 12.2. The molecule has 0 atom stereocenters. The number of nitrogens with zero attached hydrogens (tertiary/aromatic N) is 2. The van der Waals surface area contributed by atoms with Crippen LogP contribution in [0, 0.1) is 0 Å². The lowest BCUT2D eigenvalue weighted by Crippen LogP contribution is -2.41. The van der Waals surface area contributed by atoms with E-state index in [9.17, 15) is 0 Å². The fourth-order valence-corrected chi connectivity index (χ4v) is 1.33. The average Bonchev–Trinajstić information content (AvgIpc) is 2.31. The van der Waals surface area contributed by atoms with E-state index in [2.05, 4.69) is 41.4 Å². The molecule has 0 bridgehead atoms. The number of aliphatic imine (C=N–C) groups is 1. The normalized spacial score (nSPS) is 11.2. The van der Waals surface area contributed by atoms with Crippen molar-refractivity contribution >= 4 is 29.9 Å². The number of hydrogen-bond acceptors (Lipinski definition) is 2. The minimum absolute atomic E-state index is 0. The molecule has 0 aromatic rings. The van der Waals surface area contributed by atoms with E-state index < -0.39 is 0 Å². The van der Waals surface area contributed by atoms with Crippen molar-refractivity contribution in [1.29, 1.82) is 0 Å². The van der Waals surface area contributed by atoms with E-state index in [-0.39, 0.29) is 24.0 Å². The fourth-order valence-electron chi connectivity index (χ4n) is 1.33. The Balaban J connectivity index is 0. The summed E-state index contributed by atoms with van der Waals surface area (Å²) >= 11 is 0. The Bertz CT molecular complexity index is 185. The van der Waals surface area contributed by atoms with Crippen molar-refractivity contribution in [1.82, 2.24) is 15.5 Å². The Morgan fingerprint density at radius 2 is 1.76 bits per heavy atom. The Morgan fingerprint density at radius 1 is 1.12 bits per heavy atom. The van der Waals surface area contributed by atoms with Gasteiger partial charge in [0, 0.05) is 26.7 Å². The highest BCUT2D eigenvalue weighted by Crippen LogP contribution is 1.90. The molecule has 0 aromatic heterocycles. The first-order chi connectivity index (χ1) is 7.74. The molecule has 0 aliphatic rings. The highest BCUT2D eigenvalue weighted by molar-refractivity contribution is 14.0. The molecular formula is C12H29IN4. The molecule has 104 valence electrons. The van der Waals surface area contributed by atoms with Gasteiger partial charge in [-0.3, -0.25) is 4.99 Å². The highest BCUT2D eigenvalue weighted by Gasteiger charge is 1.97. The van der Waals surface area contributed by atoms with Crippen LogP contribution >= 0.6 is 24.0 Å². The van der Waals surface area contributed by atoms with Crippen LogP contribution in [0.1, 0.15) is 33.1 Å². The van der Waals surface area contributed by atoms with Gasteiger partial charge in [0.05, 0.1) is 0 Å². The largest absolute Gasteiger partial charge is 0.356 e. The van der Waals surface area contributed by atoms with E-state index in [1.54, 1.807) is 0 Å². The van der Waals surface area contributed by atoms with E-state index in [4.69, 9.17) is 0 Å². The second kappa shape index (κ2) is 14.0. The van der Waals surface area contributed by atoms with Gasteiger partial charge in [-0.15, -0.1) is 24.0 Å². The van der Waals surface area contributed by atoms with Gasteiger partial charge in [0.25, 0.3) is 0 Å². The van der Waals surface area contributed by atoms with Crippen LogP contribution in [0.3, 0.4) is 0 Å². The molecule has 0 spiro atoms. The van der Waals surface area contributed by atoms with Crippen LogP contribution in [-0.4, -0.2) is 51.1 Å². The first kappa shape index (κ1) is 19.3. The Hall–Kier alpha value is -0.0400. The molecule has 0 rings (SSSR count). The Labute approximate surface area is 124 Å². The van der Waals surface area contributed by atoms with Crippen LogP contribution < -0.4 is 10.6 Å². The molecule has 5 heteroatoms. The van der Waals surface area contributed by atoms with Crippen LogP contribution in [0.4, 0.5) is 0 Å². The fraction of sp³-hybridized carbons (Fsp3) is 0.917. The summed E-state index contributed by atoms with van der Waals surface area (Å²) in [5.74, 6) is 0.917. The maximum absolute atomic E-state index is 4.18. The van der Waals surface area contributed by atoms with E-state index >= 15 is 0 Å². The Kier molecular flexibility index (Phi) is 15.9. The number of guanidine groups is 1. The van der Waals surface area contributed by atoms with E-state index in [1.807, 2.05) is 7.05 Å². The molecular weight excluding hydrogens is 327 g/mol. The van der Waals surface area contributed by atoms with Gasteiger partial charge in [-0.25, -0.2) is 0 Å². The van der Waals surface area contributed by atoms with Crippen molar-refractivity contribution in [2.45, 2.75) is 33.1 Å². The number of halogens is 1. The quantitative estimate of drug-likeness (QED) is 0.302. The third-order valence-corrected chi connectivity index (χ3v) is 2.62. The monoisotopic (exact) mass is 356 g/mol. The summed E-state index contributed by atoms with van der Waals surface area (Å²) in [6.45, 7) is 8.47. The number of hydrogen-bond donors (Lipinski definition) is 2. The molecule has 0 heterocycles. The van der Waals surface area contributed by atoms with Crippen molar-refractivity contribution < 1.29 is 0 Å². The summed E-state index contributed by atoms with van der Waals surface area (Å²) < 4.78 is 0. The van der Waals surface area contributed by atoms with Gasteiger partial charge < -0.3 is 15.5 Å². The lowest BCUT2D eigenvalue weighted by molar-refractivity contribution is 0.357. The molecule has 0 amide bonds. The standard InChI is InChI=1S/C12H28N4.HI/c1-5-7-8-9-14-12(13-3)15-10-11-16(4)6-2;/h5-11H2,1-4H3,(H2,13,14,15);1H. The summed E-state index contributed by atoms with van der Waals surface area (Å²) in [6.07, 6.45) is 3.75. The number of likely N-dealkylation sites (N-methyl/N-ethyl adjacent to an activating group) is 1. The number of nitrogens with one attached hydrogen (secondary N) is 2. The van der Waals surface area contributed by atoms with Crippen LogP contribution in [0.2, 0.25) is 0 Å². The molecule has 0 saturated heterocycles. The molecule has 0 aliphatic heterocycles. The zero-order valence-corrected chi connectivity index (χ0v) is 14.1. The zero-order chi connectivity index (χ0) is 12.2. The third-order valence-electron chi connectivity index (χ3n) is 2.62. The maximum atomic E-state index is 4.18. The van der Waals surface area contributed by atoms with E-state index in [1.165, 1.54) is 19.3 Å². The second-order valence-corrected chi connectivity index (χ2v) is 4.03. The SMILES string of the molecule is CCCCCNC(=NC)NCCN(C)CC.I. The van der Waals surface area contributed by atoms with Crippen molar-refractivity contribution in [2.75, 3.05) is 40.3 Å². The molecule has 0 fully saturated rings. The molecule has 0 radical (unpaired) electrons. The predicted octanol–water partition coefficient (Wildman–Crippen LogP) is 1.91. The smallest absolute Gasteiger partial charge is 0.191 e. The minimum atomic E-state index is 0. The molecule has 0 unspecified atom stereocenters. The average molecular weight is 356 g/mol. The van der Waals surface area contributed by atoms with Crippen molar-refractivity contribution in [3.63, 3.8) is 0 Å². The van der Waals surface area contributed by atoms with Crippen LogP contribution in [0.5, 0.6) is 0 Å². The van der Waals surface area contributed by atoms with Crippen LogP contribution in [0.15, 0.2) is 4.99 Å². The van der Waals surface area contributed by atoms with Crippen LogP contribution in [-0.2, 0) is 0 Å². The first-order valence-corrected chi connectivity index (χ1v) is 6.37. The predicted molar refractivity (Wildman–Crippen MR) is 87.5 cm³/mol. The van der Waals surface area contributed by atoms with Crippen molar-refractivity contribution in [3.8, 4) is 0 Å².